The quantitative estimate of drug-likeness (QED) is 0.809. The molecule has 0 radical (unpaired) electrons. The number of nitrogens with zero attached hydrogens (tertiary/aromatic N) is 1. The summed E-state index contributed by atoms with van der Waals surface area (Å²) < 4.78 is 0. The first-order valence-corrected chi connectivity index (χ1v) is 6.50. The number of nitrogens with one attached hydrogen (secondary N) is 1. The second kappa shape index (κ2) is 4.86. The summed E-state index contributed by atoms with van der Waals surface area (Å²) in [6, 6.07) is 1.75. The Morgan fingerprint density at radius 1 is 1.67 bits per heavy atom. The Bertz CT molecular complexity index is 477. The highest BCUT2D eigenvalue weighted by molar-refractivity contribution is 6.30. The van der Waals surface area contributed by atoms with Crippen molar-refractivity contribution in [1.82, 2.24) is 4.98 Å². The second-order valence-corrected chi connectivity index (χ2v) is 5.56. The number of anilines is 1. The van der Waals surface area contributed by atoms with Gasteiger partial charge in [0.05, 0.1) is 17.3 Å². The zero-order valence-corrected chi connectivity index (χ0v) is 11.4. The van der Waals surface area contributed by atoms with Gasteiger partial charge in [-0.2, -0.15) is 0 Å². The van der Waals surface area contributed by atoms with Crippen molar-refractivity contribution in [3.05, 3.63) is 23.0 Å². The van der Waals surface area contributed by atoms with E-state index in [0.29, 0.717) is 10.8 Å². The smallest absolute Gasteiger partial charge is 0.231 e. The molecular weight excluding hydrogens is 250 g/mol. The molecule has 5 heteroatoms. The molecule has 2 unspecified atom stereocenters. The maximum atomic E-state index is 12.3. The first-order valence-electron chi connectivity index (χ1n) is 6.12. The molecular formula is C13H18ClN3O. The van der Waals surface area contributed by atoms with E-state index in [9.17, 15) is 4.79 Å². The van der Waals surface area contributed by atoms with Crippen molar-refractivity contribution in [3.8, 4) is 0 Å². The molecule has 1 aliphatic carbocycles. The maximum absolute atomic E-state index is 12.3. The van der Waals surface area contributed by atoms with Crippen LogP contribution in [-0.4, -0.2) is 16.9 Å². The third kappa shape index (κ3) is 2.35. The first-order chi connectivity index (χ1) is 8.43. The topological polar surface area (TPSA) is 68.0 Å². The number of aromatic nitrogens is 1. The summed E-state index contributed by atoms with van der Waals surface area (Å²) in [6.07, 6.45) is 4.31. The van der Waals surface area contributed by atoms with Crippen LogP contribution in [0.15, 0.2) is 12.3 Å². The lowest BCUT2D eigenvalue weighted by atomic mass is 9.84. The van der Waals surface area contributed by atoms with Crippen LogP contribution in [0.2, 0.25) is 5.15 Å². The van der Waals surface area contributed by atoms with Crippen LogP contribution in [0.1, 0.15) is 31.7 Å². The molecule has 3 N–H and O–H groups in total. The lowest BCUT2D eigenvalue weighted by Crippen LogP contribution is -2.44. The standard InChI is InChI=1S/C13H18ClN3O/c1-8-6-9(7-16-11(8)14)17-12(18)13(2)5-3-4-10(13)15/h6-7,10H,3-5,15H2,1-2H3,(H,17,18). The van der Waals surface area contributed by atoms with Gasteiger partial charge < -0.3 is 11.1 Å². The summed E-state index contributed by atoms with van der Waals surface area (Å²) in [7, 11) is 0. The molecule has 4 nitrogen and oxygen atoms in total. The van der Waals surface area contributed by atoms with E-state index < -0.39 is 5.41 Å². The van der Waals surface area contributed by atoms with E-state index >= 15 is 0 Å². The first kappa shape index (κ1) is 13.3. The predicted molar refractivity (Wildman–Crippen MR) is 72.5 cm³/mol. The minimum absolute atomic E-state index is 0.0315. The van der Waals surface area contributed by atoms with Gasteiger partial charge in [-0.25, -0.2) is 4.98 Å². The van der Waals surface area contributed by atoms with Crippen LogP contribution in [0.5, 0.6) is 0 Å². The molecule has 0 aliphatic heterocycles. The van der Waals surface area contributed by atoms with Crippen LogP contribution in [0.25, 0.3) is 0 Å². The summed E-state index contributed by atoms with van der Waals surface area (Å²) in [5, 5.41) is 3.34. The van der Waals surface area contributed by atoms with Crippen LogP contribution in [0, 0.1) is 12.3 Å². The monoisotopic (exact) mass is 267 g/mol. The van der Waals surface area contributed by atoms with Gasteiger partial charge in [-0.15, -0.1) is 0 Å². The molecule has 2 rings (SSSR count). The zero-order valence-electron chi connectivity index (χ0n) is 10.7. The van der Waals surface area contributed by atoms with Crippen molar-refractivity contribution >= 4 is 23.2 Å². The molecule has 0 spiro atoms. The summed E-state index contributed by atoms with van der Waals surface area (Å²) in [5.74, 6) is -0.0315. The van der Waals surface area contributed by atoms with E-state index in [1.54, 1.807) is 6.20 Å². The Balaban J connectivity index is 2.14. The van der Waals surface area contributed by atoms with Crippen molar-refractivity contribution in [3.63, 3.8) is 0 Å². The molecule has 1 fully saturated rings. The van der Waals surface area contributed by atoms with Gasteiger partial charge in [0.1, 0.15) is 5.15 Å². The second-order valence-electron chi connectivity index (χ2n) is 5.20. The molecule has 0 bridgehead atoms. The SMILES string of the molecule is Cc1cc(NC(=O)C2(C)CCCC2N)cnc1Cl. The number of carbonyl (C=O) groups is 1. The van der Waals surface area contributed by atoms with E-state index in [1.807, 2.05) is 19.9 Å². The summed E-state index contributed by atoms with van der Waals surface area (Å²) in [4.78, 5) is 16.3. The van der Waals surface area contributed by atoms with Crippen molar-refractivity contribution in [2.24, 2.45) is 11.1 Å². The van der Waals surface area contributed by atoms with E-state index in [2.05, 4.69) is 10.3 Å². The number of amides is 1. The fraction of sp³-hybridized carbons (Fsp3) is 0.538. The van der Waals surface area contributed by atoms with Crippen LogP contribution >= 0.6 is 11.6 Å². The minimum atomic E-state index is -0.479. The highest BCUT2D eigenvalue weighted by atomic mass is 35.5. The van der Waals surface area contributed by atoms with Gasteiger partial charge in [0, 0.05) is 6.04 Å². The van der Waals surface area contributed by atoms with Gasteiger partial charge in [-0.3, -0.25) is 4.79 Å². The Morgan fingerprint density at radius 3 is 2.94 bits per heavy atom. The Morgan fingerprint density at radius 2 is 2.39 bits per heavy atom. The van der Waals surface area contributed by atoms with E-state index in [1.165, 1.54) is 0 Å². The van der Waals surface area contributed by atoms with Gasteiger partial charge >= 0.3 is 0 Å². The van der Waals surface area contributed by atoms with Crippen molar-refractivity contribution in [2.75, 3.05) is 5.32 Å². The summed E-state index contributed by atoms with van der Waals surface area (Å²) in [6.45, 7) is 3.78. The number of nitrogens with two attached hydrogens (primary N) is 1. The van der Waals surface area contributed by atoms with Crippen molar-refractivity contribution < 1.29 is 4.79 Å². The summed E-state index contributed by atoms with van der Waals surface area (Å²) in [5.41, 5.74) is 7.06. The Hall–Kier alpha value is -1.13. The zero-order chi connectivity index (χ0) is 13.3. The largest absolute Gasteiger partial charge is 0.327 e. The highest BCUT2D eigenvalue weighted by Gasteiger charge is 2.42. The Kier molecular flexibility index (Phi) is 3.59. The van der Waals surface area contributed by atoms with E-state index in [-0.39, 0.29) is 11.9 Å². The fourth-order valence-corrected chi connectivity index (χ4v) is 2.48. The highest BCUT2D eigenvalue weighted by Crippen LogP contribution is 2.37. The average molecular weight is 268 g/mol. The van der Waals surface area contributed by atoms with Crippen LogP contribution in [-0.2, 0) is 4.79 Å². The van der Waals surface area contributed by atoms with Gasteiger partial charge in [0.15, 0.2) is 0 Å². The molecule has 1 aromatic rings. The van der Waals surface area contributed by atoms with Gasteiger partial charge in [-0.1, -0.05) is 18.0 Å². The Labute approximate surface area is 112 Å². The number of pyridine rings is 1. The molecule has 2 atom stereocenters. The molecule has 98 valence electrons. The predicted octanol–water partition coefficient (Wildman–Crippen LogP) is 2.50. The fourth-order valence-electron chi connectivity index (χ4n) is 2.38. The normalized spacial score (nSPS) is 27.2. The molecule has 0 saturated heterocycles. The molecule has 0 aromatic carbocycles. The number of halogens is 1. The molecule has 1 aliphatic rings. The molecule has 1 heterocycles. The number of aryl methyl sites for hydroxylation is 1. The van der Waals surface area contributed by atoms with Gasteiger partial charge in [0.2, 0.25) is 5.91 Å². The number of hydrogen-bond donors (Lipinski definition) is 2. The number of rotatable bonds is 2. The van der Waals surface area contributed by atoms with Crippen LogP contribution < -0.4 is 11.1 Å². The number of hydrogen-bond acceptors (Lipinski definition) is 3. The van der Waals surface area contributed by atoms with E-state index in [0.717, 1.165) is 24.8 Å². The van der Waals surface area contributed by atoms with Gasteiger partial charge in [-0.05, 0) is 38.3 Å². The van der Waals surface area contributed by atoms with Crippen LogP contribution in [0.4, 0.5) is 5.69 Å². The van der Waals surface area contributed by atoms with Crippen LogP contribution in [0.3, 0.4) is 0 Å². The summed E-state index contributed by atoms with van der Waals surface area (Å²) >= 11 is 5.85. The molecule has 18 heavy (non-hydrogen) atoms. The number of carbonyl (C=O) groups excluding carboxylic acids is 1. The lowest BCUT2D eigenvalue weighted by Gasteiger charge is -2.27. The van der Waals surface area contributed by atoms with Gasteiger partial charge in [0.25, 0.3) is 0 Å². The minimum Gasteiger partial charge on any atom is -0.327 e. The lowest BCUT2D eigenvalue weighted by molar-refractivity contribution is -0.125. The molecule has 1 amide bonds. The maximum Gasteiger partial charge on any atom is 0.231 e. The van der Waals surface area contributed by atoms with Crippen molar-refractivity contribution in [2.45, 2.75) is 39.2 Å². The molecule has 1 saturated carbocycles. The van der Waals surface area contributed by atoms with E-state index in [4.69, 9.17) is 17.3 Å². The third-order valence-electron chi connectivity index (χ3n) is 3.82. The van der Waals surface area contributed by atoms with Crippen molar-refractivity contribution in [1.29, 1.82) is 0 Å². The molecule has 1 aromatic heterocycles. The average Bonchev–Trinajstić information content (AvgIpc) is 2.66. The third-order valence-corrected chi connectivity index (χ3v) is 4.22.